The summed E-state index contributed by atoms with van der Waals surface area (Å²) in [5, 5.41) is 2.86. The normalized spacial score (nSPS) is 20.8. The molecule has 7 heteroatoms. The molecular formula is C23H25N3O3S. The van der Waals surface area contributed by atoms with E-state index in [9.17, 15) is 9.59 Å². The molecule has 0 fully saturated rings. The highest BCUT2D eigenvalue weighted by Crippen LogP contribution is 2.32. The lowest BCUT2D eigenvalue weighted by Crippen LogP contribution is -2.53. The molecule has 0 aliphatic carbocycles. The Labute approximate surface area is 180 Å². The molecule has 6 nitrogen and oxygen atoms in total. The molecule has 2 aliphatic heterocycles. The molecule has 0 unspecified atom stereocenters. The molecule has 0 saturated heterocycles. The largest absolute Gasteiger partial charge is 0.465 e. The van der Waals surface area contributed by atoms with Gasteiger partial charge in [-0.15, -0.1) is 11.8 Å². The highest BCUT2D eigenvalue weighted by Gasteiger charge is 2.42. The second-order valence-corrected chi connectivity index (χ2v) is 8.21. The number of ether oxygens (including phenoxy) is 1. The minimum Gasteiger partial charge on any atom is -0.465 e. The number of thioether (sulfide) groups is 1. The van der Waals surface area contributed by atoms with Crippen molar-refractivity contribution in [1.29, 1.82) is 0 Å². The van der Waals surface area contributed by atoms with Crippen molar-refractivity contribution in [3.63, 3.8) is 0 Å². The highest BCUT2D eigenvalue weighted by atomic mass is 32.2. The lowest BCUT2D eigenvalue weighted by atomic mass is 9.91. The number of nitrogens with one attached hydrogen (secondary N) is 1. The van der Waals surface area contributed by atoms with Crippen LogP contribution in [0.4, 0.5) is 0 Å². The van der Waals surface area contributed by atoms with Gasteiger partial charge in [-0.25, -0.2) is 4.99 Å². The zero-order valence-corrected chi connectivity index (χ0v) is 17.9. The zero-order valence-electron chi connectivity index (χ0n) is 17.1. The van der Waals surface area contributed by atoms with Gasteiger partial charge < -0.3 is 9.64 Å². The molecule has 4 rings (SSSR count). The fourth-order valence-corrected chi connectivity index (χ4v) is 4.35. The van der Waals surface area contributed by atoms with Crippen molar-refractivity contribution in [2.45, 2.75) is 30.8 Å². The van der Waals surface area contributed by atoms with E-state index >= 15 is 0 Å². The van der Waals surface area contributed by atoms with Gasteiger partial charge in [0.05, 0.1) is 6.61 Å². The molecule has 2 aromatic rings. The molecule has 1 N–H and O–H groups in total. The van der Waals surface area contributed by atoms with Gasteiger partial charge in [0, 0.05) is 18.0 Å². The summed E-state index contributed by atoms with van der Waals surface area (Å²) in [5.74, 6) is -1.38. The van der Waals surface area contributed by atoms with Crippen molar-refractivity contribution in [3.05, 3.63) is 65.2 Å². The first-order chi connectivity index (χ1) is 14.6. The first kappa shape index (κ1) is 20.5. The maximum absolute atomic E-state index is 13.0. The Morgan fingerprint density at radius 2 is 1.93 bits per heavy atom. The monoisotopic (exact) mass is 423 g/mol. The van der Waals surface area contributed by atoms with Crippen LogP contribution >= 0.6 is 11.8 Å². The third-order valence-electron chi connectivity index (χ3n) is 5.52. The Balaban J connectivity index is 1.68. The molecule has 30 heavy (non-hydrogen) atoms. The number of hydrogen-bond donors (Lipinski definition) is 1. The predicted octanol–water partition coefficient (Wildman–Crippen LogP) is 3.17. The second-order valence-electron chi connectivity index (χ2n) is 7.33. The average molecular weight is 424 g/mol. The van der Waals surface area contributed by atoms with Crippen LogP contribution in [0, 0.1) is 5.92 Å². The summed E-state index contributed by atoms with van der Waals surface area (Å²) in [6.45, 7) is 3.40. The summed E-state index contributed by atoms with van der Waals surface area (Å²) >= 11 is 1.64. The Bertz CT molecular complexity index is 974. The fourth-order valence-electron chi connectivity index (χ4n) is 3.94. The number of esters is 1. The summed E-state index contributed by atoms with van der Waals surface area (Å²) in [5.41, 5.74) is 3.38. The van der Waals surface area contributed by atoms with E-state index in [1.54, 1.807) is 18.7 Å². The van der Waals surface area contributed by atoms with E-state index in [0.717, 1.165) is 23.4 Å². The molecule has 2 heterocycles. The van der Waals surface area contributed by atoms with Crippen molar-refractivity contribution >= 4 is 29.6 Å². The molecule has 0 aromatic heterocycles. The van der Waals surface area contributed by atoms with Crippen molar-refractivity contribution in [2.24, 2.45) is 10.9 Å². The molecule has 156 valence electrons. The lowest BCUT2D eigenvalue weighted by Gasteiger charge is -2.36. The lowest BCUT2D eigenvalue weighted by molar-refractivity contribution is -0.153. The molecule has 2 aliphatic rings. The van der Waals surface area contributed by atoms with Gasteiger partial charge in [-0.3, -0.25) is 14.9 Å². The van der Waals surface area contributed by atoms with Gasteiger partial charge in [-0.2, -0.15) is 0 Å². The van der Waals surface area contributed by atoms with Gasteiger partial charge in [0.25, 0.3) is 0 Å². The van der Waals surface area contributed by atoms with Crippen LogP contribution in [0.2, 0.25) is 0 Å². The molecule has 1 amide bonds. The van der Waals surface area contributed by atoms with Crippen LogP contribution in [-0.4, -0.2) is 42.1 Å². The topological polar surface area (TPSA) is 71.0 Å². The number of guanidine groups is 1. The number of carbonyl (C=O) groups excluding carboxylic acids is 2. The van der Waals surface area contributed by atoms with Crippen LogP contribution in [0.15, 0.2) is 58.4 Å². The maximum Gasteiger partial charge on any atom is 0.321 e. The second kappa shape index (κ2) is 8.92. The number of carbonyl (C=O) groups is 2. The Hall–Kier alpha value is -2.80. The summed E-state index contributed by atoms with van der Waals surface area (Å²) in [6.07, 6.45) is 2.90. The molecule has 0 radical (unpaired) electrons. The number of fused-ring (bicyclic) bond motifs is 1. The average Bonchev–Trinajstić information content (AvgIpc) is 2.78. The van der Waals surface area contributed by atoms with Gasteiger partial charge in [0.15, 0.2) is 5.92 Å². The third-order valence-corrected chi connectivity index (χ3v) is 6.27. The first-order valence-electron chi connectivity index (χ1n) is 10.1. The van der Waals surface area contributed by atoms with E-state index in [2.05, 4.69) is 22.3 Å². The van der Waals surface area contributed by atoms with E-state index in [4.69, 9.17) is 9.73 Å². The molecule has 2 atom stereocenters. The Morgan fingerprint density at radius 1 is 1.20 bits per heavy atom. The van der Waals surface area contributed by atoms with Crippen LogP contribution in [0.1, 0.15) is 29.7 Å². The van der Waals surface area contributed by atoms with Crippen molar-refractivity contribution < 1.29 is 14.3 Å². The molecule has 0 bridgehead atoms. The van der Waals surface area contributed by atoms with E-state index in [0.29, 0.717) is 12.5 Å². The molecule has 0 saturated carbocycles. The summed E-state index contributed by atoms with van der Waals surface area (Å²) in [7, 11) is 0. The van der Waals surface area contributed by atoms with Crippen LogP contribution < -0.4 is 5.32 Å². The van der Waals surface area contributed by atoms with E-state index in [-0.39, 0.29) is 12.5 Å². The quantitative estimate of drug-likeness (QED) is 0.465. The molecule has 2 aromatic carbocycles. The number of hydrogen-bond acceptors (Lipinski definition) is 6. The maximum atomic E-state index is 13.0. The molecular weight excluding hydrogens is 398 g/mol. The standard InChI is InChI=1S/C23H25N3O3S/c1-3-29-22(28)19-20(16-8-10-18(30-2)11-9-16)24-23(25-21(19)27)26-13-12-15-6-4-5-7-17(15)14-26/h4-11,19-20H,3,12-14H2,1-2H3,(H,24,25,27)/t19-,20-/m1/s1. The Kier molecular flexibility index (Phi) is 6.08. The number of benzene rings is 2. The van der Waals surface area contributed by atoms with E-state index < -0.39 is 17.9 Å². The predicted molar refractivity (Wildman–Crippen MR) is 117 cm³/mol. The highest BCUT2D eigenvalue weighted by molar-refractivity contribution is 7.98. The van der Waals surface area contributed by atoms with Crippen LogP contribution in [0.5, 0.6) is 0 Å². The zero-order chi connectivity index (χ0) is 21.1. The van der Waals surface area contributed by atoms with Gasteiger partial charge in [-0.05, 0) is 48.4 Å². The summed E-state index contributed by atoms with van der Waals surface area (Å²) < 4.78 is 5.19. The SMILES string of the molecule is CCOC(=O)[C@H]1C(=O)NC(N2CCc3ccccc3C2)=N[C@@H]1c1ccc(SC)cc1. The van der Waals surface area contributed by atoms with Gasteiger partial charge in [0.1, 0.15) is 6.04 Å². The third kappa shape index (κ3) is 4.07. The minimum atomic E-state index is -0.995. The number of aliphatic imine (C=N–C) groups is 1. The fraction of sp³-hybridized carbons (Fsp3) is 0.348. The van der Waals surface area contributed by atoms with Crippen LogP contribution in [0.3, 0.4) is 0 Å². The number of nitrogens with zero attached hydrogens (tertiary/aromatic N) is 2. The minimum absolute atomic E-state index is 0.222. The van der Waals surface area contributed by atoms with Gasteiger partial charge in [-0.1, -0.05) is 36.4 Å². The van der Waals surface area contributed by atoms with Gasteiger partial charge >= 0.3 is 5.97 Å². The van der Waals surface area contributed by atoms with E-state index in [1.165, 1.54) is 11.1 Å². The summed E-state index contributed by atoms with van der Waals surface area (Å²) in [4.78, 5) is 33.6. The van der Waals surface area contributed by atoms with Crippen molar-refractivity contribution in [3.8, 4) is 0 Å². The van der Waals surface area contributed by atoms with Crippen LogP contribution in [0.25, 0.3) is 0 Å². The van der Waals surface area contributed by atoms with E-state index in [1.807, 2.05) is 42.7 Å². The summed E-state index contributed by atoms with van der Waals surface area (Å²) in [6, 6.07) is 15.6. The number of rotatable bonds is 4. The van der Waals surface area contributed by atoms with Gasteiger partial charge in [0.2, 0.25) is 11.9 Å². The first-order valence-corrected chi connectivity index (χ1v) is 11.3. The van der Waals surface area contributed by atoms with Crippen molar-refractivity contribution in [2.75, 3.05) is 19.4 Å². The Morgan fingerprint density at radius 3 is 2.63 bits per heavy atom. The van der Waals surface area contributed by atoms with Crippen LogP contribution in [-0.2, 0) is 27.3 Å². The smallest absolute Gasteiger partial charge is 0.321 e. The number of amides is 1. The molecule has 0 spiro atoms. The van der Waals surface area contributed by atoms with Crippen molar-refractivity contribution in [1.82, 2.24) is 10.2 Å².